The van der Waals surface area contributed by atoms with E-state index >= 15 is 0 Å². The average molecular weight is 337 g/mol. The molecule has 2 aromatic carbocycles. The van der Waals surface area contributed by atoms with Crippen molar-refractivity contribution in [3.8, 4) is 11.3 Å². The second kappa shape index (κ2) is 7.09. The lowest BCUT2D eigenvalue weighted by atomic mass is 10.1. The maximum absolute atomic E-state index is 12.9. The van der Waals surface area contributed by atoms with Gasteiger partial charge in [-0.25, -0.2) is 9.07 Å². The summed E-state index contributed by atoms with van der Waals surface area (Å²) in [7, 11) is 0. The molecule has 3 rings (SSSR count). The average Bonchev–Trinajstić information content (AvgIpc) is 2.60. The molecule has 0 saturated carbocycles. The van der Waals surface area contributed by atoms with Crippen molar-refractivity contribution >= 4 is 11.6 Å². The second-order valence-corrected chi connectivity index (χ2v) is 5.64. The van der Waals surface area contributed by atoms with Crippen molar-refractivity contribution in [2.75, 3.05) is 5.32 Å². The van der Waals surface area contributed by atoms with Crippen molar-refractivity contribution in [3.05, 3.63) is 82.4 Å². The Morgan fingerprint density at radius 3 is 2.40 bits per heavy atom. The van der Waals surface area contributed by atoms with E-state index in [0.29, 0.717) is 11.4 Å². The quantitative estimate of drug-likeness (QED) is 0.796. The van der Waals surface area contributed by atoms with Crippen LogP contribution in [0, 0.1) is 12.7 Å². The van der Waals surface area contributed by atoms with Crippen LogP contribution < -0.4 is 10.9 Å². The SMILES string of the molecule is Cc1ccc(-c2ccc(=O)n(CC(=O)Nc3ccc(F)cc3)n2)cc1. The van der Waals surface area contributed by atoms with E-state index in [-0.39, 0.29) is 17.9 Å². The van der Waals surface area contributed by atoms with E-state index in [4.69, 9.17) is 0 Å². The first kappa shape index (κ1) is 16.6. The van der Waals surface area contributed by atoms with E-state index < -0.39 is 5.91 Å². The summed E-state index contributed by atoms with van der Waals surface area (Å²) in [4.78, 5) is 24.1. The fourth-order valence-electron chi connectivity index (χ4n) is 2.31. The van der Waals surface area contributed by atoms with Crippen LogP contribution in [0.5, 0.6) is 0 Å². The molecule has 25 heavy (non-hydrogen) atoms. The van der Waals surface area contributed by atoms with E-state index in [9.17, 15) is 14.0 Å². The van der Waals surface area contributed by atoms with Gasteiger partial charge in [-0.15, -0.1) is 0 Å². The maximum Gasteiger partial charge on any atom is 0.267 e. The molecular formula is C19H16FN3O2. The Bertz CT molecular complexity index is 948. The number of benzene rings is 2. The van der Waals surface area contributed by atoms with Gasteiger partial charge in [0.05, 0.1) is 5.69 Å². The smallest absolute Gasteiger partial charge is 0.267 e. The van der Waals surface area contributed by atoms with Crippen molar-refractivity contribution in [2.45, 2.75) is 13.5 Å². The first-order valence-electron chi connectivity index (χ1n) is 7.72. The molecule has 0 radical (unpaired) electrons. The van der Waals surface area contributed by atoms with Crippen LogP contribution in [0.25, 0.3) is 11.3 Å². The van der Waals surface area contributed by atoms with E-state index in [0.717, 1.165) is 15.8 Å². The van der Waals surface area contributed by atoms with Gasteiger partial charge in [0.25, 0.3) is 5.56 Å². The fraction of sp³-hybridized carbons (Fsp3) is 0.105. The van der Waals surface area contributed by atoms with E-state index in [1.807, 2.05) is 31.2 Å². The minimum Gasteiger partial charge on any atom is -0.324 e. The molecular weight excluding hydrogens is 321 g/mol. The Kier molecular flexibility index (Phi) is 4.70. The highest BCUT2D eigenvalue weighted by Crippen LogP contribution is 2.15. The fourth-order valence-corrected chi connectivity index (χ4v) is 2.31. The van der Waals surface area contributed by atoms with Crippen LogP contribution in [0.2, 0.25) is 0 Å². The number of carbonyl (C=O) groups excluding carboxylic acids is 1. The molecule has 0 fully saturated rings. The third kappa shape index (κ3) is 4.17. The lowest BCUT2D eigenvalue weighted by Crippen LogP contribution is -2.29. The number of halogens is 1. The van der Waals surface area contributed by atoms with Gasteiger partial charge < -0.3 is 5.32 Å². The zero-order valence-corrected chi connectivity index (χ0v) is 13.6. The van der Waals surface area contributed by atoms with Gasteiger partial charge in [0, 0.05) is 17.3 Å². The van der Waals surface area contributed by atoms with E-state index in [1.165, 1.54) is 30.3 Å². The van der Waals surface area contributed by atoms with Crippen molar-refractivity contribution in [1.82, 2.24) is 9.78 Å². The van der Waals surface area contributed by atoms with Crippen LogP contribution in [0.1, 0.15) is 5.56 Å². The molecule has 0 saturated heterocycles. The molecule has 0 unspecified atom stereocenters. The highest BCUT2D eigenvalue weighted by atomic mass is 19.1. The molecule has 5 nitrogen and oxygen atoms in total. The molecule has 3 aromatic rings. The number of amides is 1. The topological polar surface area (TPSA) is 64.0 Å². The molecule has 6 heteroatoms. The molecule has 1 aromatic heterocycles. The third-order valence-corrected chi connectivity index (χ3v) is 3.64. The van der Waals surface area contributed by atoms with Crippen molar-refractivity contribution in [3.63, 3.8) is 0 Å². The predicted molar refractivity (Wildman–Crippen MR) is 93.7 cm³/mol. The zero-order chi connectivity index (χ0) is 17.8. The summed E-state index contributed by atoms with van der Waals surface area (Å²) in [6, 6.07) is 16.1. The molecule has 0 aliphatic carbocycles. The highest BCUT2D eigenvalue weighted by molar-refractivity contribution is 5.90. The summed E-state index contributed by atoms with van der Waals surface area (Å²) in [6.07, 6.45) is 0. The number of anilines is 1. The molecule has 1 N–H and O–H groups in total. The minimum absolute atomic E-state index is 0.226. The normalized spacial score (nSPS) is 10.5. The molecule has 0 atom stereocenters. The Balaban J connectivity index is 1.78. The standard InChI is InChI=1S/C19H16FN3O2/c1-13-2-4-14(5-3-13)17-10-11-19(25)23(22-17)12-18(24)21-16-8-6-15(20)7-9-16/h2-11H,12H2,1H3,(H,21,24). The molecule has 0 bridgehead atoms. The monoisotopic (exact) mass is 337 g/mol. The summed E-state index contributed by atoms with van der Waals surface area (Å²) >= 11 is 0. The van der Waals surface area contributed by atoms with Gasteiger partial charge >= 0.3 is 0 Å². The lowest BCUT2D eigenvalue weighted by Gasteiger charge is -2.08. The predicted octanol–water partition coefficient (Wildman–Crippen LogP) is 3.00. The Morgan fingerprint density at radius 1 is 1.04 bits per heavy atom. The summed E-state index contributed by atoms with van der Waals surface area (Å²) in [5, 5.41) is 6.86. The molecule has 126 valence electrons. The number of nitrogens with zero attached hydrogens (tertiary/aromatic N) is 2. The number of carbonyl (C=O) groups is 1. The Labute approximate surface area is 143 Å². The van der Waals surface area contributed by atoms with Crippen LogP contribution in [0.4, 0.5) is 10.1 Å². The molecule has 1 amide bonds. The largest absolute Gasteiger partial charge is 0.324 e. The maximum atomic E-state index is 12.9. The van der Waals surface area contributed by atoms with Gasteiger partial charge in [-0.1, -0.05) is 29.8 Å². The third-order valence-electron chi connectivity index (χ3n) is 3.64. The first-order chi connectivity index (χ1) is 12.0. The molecule has 1 heterocycles. The van der Waals surface area contributed by atoms with Gasteiger partial charge in [0.15, 0.2) is 0 Å². The van der Waals surface area contributed by atoms with E-state index in [2.05, 4.69) is 10.4 Å². The number of hydrogen-bond acceptors (Lipinski definition) is 3. The number of aromatic nitrogens is 2. The van der Waals surface area contributed by atoms with Gasteiger partial charge in [-0.2, -0.15) is 5.10 Å². The summed E-state index contributed by atoms with van der Waals surface area (Å²) < 4.78 is 14.0. The molecule has 0 aliphatic rings. The number of rotatable bonds is 4. The van der Waals surface area contributed by atoms with Gasteiger partial charge in [-0.3, -0.25) is 9.59 Å². The van der Waals surface area contributed by atoms with Gasteiger partial charge in [-0.05, 0) is 37.3 Å². The van der Waals surface area contributed by atoms with Gasteiger partial charge in [0.2, 0.25) is 5.91 Å². The molecule has 0 spiro atoms. The Morgan fingerprint density at radius 2 is 1.72 bits per heavy atom. The van der Waals surface area contributed by atoms with Crippen LogP contribution >= 0.6 is 0 Å². The number of nitrogens with one attached hydrogen (secondary N) is 1. The number of aryl methyl sites for hydroxylation is 1. The van der Waals surface area contributed by atoms with Crippen LogP contribution in [0.15, 0.2) is 65.5 Å². The summed E-state index contributed by atoms with van der Waals surface area (Å²) in [6.45, 7) is 1.76. The number of hydrogen-bond donors (Lipinski definition) is 1. The second-order valence-electron chi connectivity index (χ2n) is 5.64. The van der Waals surface area contributed by atoms with Crippen molar-refractivity contribution in [2.24, 2.45) is 0 Å². The van der Waals surface area contributed by atoms with Crippen LogP contribution in [-0.4, -0.2) is 15.7 Å². The van der Waals surface area contributed by atoms with Gasteiger partial charge in [0.1, 0.15) is 12.4 Å². The van der Waals surface area contributed by atoms with Crippen molar-refractivity contribution < 1.29 is 9.18 Å². The first-order valence-corrected chi connectivity index (χ1v) is 7.72. The minimum atomic E-state index is -0.415. The summed E-state index contributed by atoms with van der Waals surface area (Å²) in [5.41, 5.74) is 2.67. The van der Waals surface area contributed by atoms with Crippen LogP contribution in [-0.2, 0) is 11.3 Å². The van der Waals surface area contributed by atoms with Crippen LogP contribution in [0.3, 0.4) is 0 Å². The molecule has 0 aliphatic heterocycles. The Hall–Kier alpha value is -3.28. The zero-order valence-electron chi connectivity index (χ0n) is 13.6. The lowest BCUT2D eigenvalue weighted by molar-refractivity contribution is -0.117. The van der Waals surface area contributed by atoms with E-state index in [1.54, 1.807) is 6.07 Å². The summed E-state index contributed by atoms with van der Waals surface area (Å²) in [5.74, 6) is -0.802. The highest BCUT2D eigenvalue weighted by Gasteiger charge is 2.08. The van der Waals surface area contributed by atoms with Crippen molar-refractivity contribution in [1.29, 1.82) is 0 Å².